The smallest absolute Gasteiger partial charge is 0.259 e. The van der Waals surface area contributed by atoms with Crippen LogP contribution in [-0.4, -0.2) is 46.7 Å². The number of nitrogen functional groups attached to an aromatic ring is 1. The molecule has 8 nitrogen and oxygen atoms in total. The average Bonchev–Trinajstić information content (AvgIpc) is 3.33. The Hall–Kier alpha value is -3.36. The Morgan fingerprint density at radius 3 is 2.71 bits per heavy atom. The molecule has 0 radical (unpaired) electrons. The lowest BCUT2D eigenvalue weighted by Crippen LogP contribution is -2.28. The van der Waals surface area contributed by atoms with Crippen LogP contribution in [0.3, 0.4) is 0 Å². The molecule has 1 saturated heterocycles. The van der Waals surface area contributed by atoms with Crippen molar-refractivity contribution in [3.05, 3.63) is 47.9 Å². The molecule has 0 saturated carbocycles. The van der Waals surface area contributed by atoms with Crippen molar-refractivity contribution in [1.29, 1.82) is 0 Å². The number of nitrogens with two attached hydrogens (primary N) is 1. The third kappa shape index (κ3) is 3.68. The number of ether oxygens (including phenoxy) is 1. The SMILES string of the molecule is Nc1nn2ccc(N3CCCC3)nc2c1C(=O)NCCOc1ccc(F)cc1. The number of fused-ring (bicyclic) bond motifs is 1. The molecule has 4 rings (SSSR count). The maximum Gasteiger partial charge on any atom is 0.259 e. The number of carbonyl (C=O) groups excluding carboxylic acids is 1. The summed E-state index contributed by atoms with van der Waals surface area (Å²) in [4.78, 5) is 19.4. The highest BCUT2D eigenvalue weighted by molar-refractivity contribution is 6.04. The van der Waals surface area contributed by atoms with Gasteiger partial charge in [-0.25, -0.2) is 13.9 Å². The van der Waals surface area contributed by atoms with Crippen LogP contribution in [0.5, 0.6) is 5.75 Å². The van der Waals surface area contributed by atoms with E-state index in [0.29, 0.717) is 11.4 Å². The van der Waals surface area contributed by atoms with Crippen LogP contribution < -0.4 is 20.7 Å². The predicted molar refractivity (Wildman–Crippen MR) is 103 cm³/mol. The highest BCUT2D eigenvalue weighted by Crippen LogP contribution is 2.22. The zero-order valence-corrected chi connectivity index (χ0v) is 15.3. The minimum atomic E-state index is -0.360. The van der Waals surface area contributed by atoms with Gasteiger partial charge in [-0.2, -0.15) is 0 Å². The first-order valence-corrected chi connectivity index (χ1v) is 9.18. The predicted octanol–water partition coefficient (Wildman–Crippen LogP) is 1.86. The first-order valence-electron chi connectivity index (χ1n) is 9.18. The van der Waals surface area contributed by atoms with Gasteiger partial charge < -0.3 is 20.7 Å². The van der Waals surface area contributed by atoms with Gasteiger partial charge in [-0.1, -0.05) is 0 Å². The summed E-state index contributed by atoms with van der Waals surface area (Å²) in [6, 6.07) is 7.58. The highest BCUT2D eigenvalue weighted by Gasteiger charge is 2.21. The summed E-state index contributed by atoms with van der Waals surface area (Å²) in [6.07, 6.45) is 4.03. The second kappa shape index (κ2) is 7.71. The van der Waals surface area contributed by atoms with Crippen LogP contribution in [0.15, 0.2) is 36.5 Å². The van der Waals surface area contributed by atoms with Crippen molar-refractivity contribution in [2.24, 2.45) is 0 Å². The van der Waals surface area contributed by atoms with E-state index in [-0.39, 0.29) is 36.3 Å². The molecule has 3 N–H and O–H groups in total. The molecule has 1 aliphatic rings. The van der Waals surface area contributed by atoms with Gasteiger partial charge in [-0.05, 0) is 43.2 Å². The fourth-order valence-corrected chi connectivity index (χ4v) is 3.23. The molecule has 146 valence electrons. The van der Waals surface area contributed by atoms with E-state index < -0.39 is 0 Å². The number of amides is 1. The van der Waals surface area contributed by atoms with E-state index in [1.54, 1.807) is 6.20 Å². The zero-order chi connectivity index (χ0) is 19.5. The number of nitrogens with one attached hydrogen (secondary N) is 1. The van der Waals surface area contributed by atoms with Crippen molar-refractivity contribution in [3.63, 3.8) is 0 Å². The molecule has 28 heavy (non-hydrogen) atoms. The molecule has 1 aromatic carbocycles. The molecule has 3 heterocycles. The summed E-state index contributed by atoms with van der Waals surface area (Å²) in [5, 5.41) is 6.94. The minimum Gasteiger partial charge on any atom is -0.492 e. The van der Waals surface area contributed by atoms with Crippen LogP contribution in [0.2, 0.25) is 0 Å². The number of nitrogens with zero attached hydrogens (tertiary/aromatic N) is 4. The summed E-state index contributed by atoms with van der Waals surface area (Å²) < 4.78 is 19.9. The molecular weight excluding hydrogens is 363 g/mol. The molecule has 0 unspecified atom stereocenters. The van der Waals surface area contributed by atoms with Gasteiger partial charge in [0.2, 0.25) is 0 Å². The molecule has 0 atom stereocenters. The number of hydrogen-bond acceptors (Lipinski definition) is 6. The van der Waals surface area contributed by atoms with Crippen molar-refractivity contribution < 1.29 is 13.9 Å². The highest BCUT2D eigenvalue weighted by atomic mass is 19.1. The molecule has 1 fully saturated rings. The van der Waals surface area contributed by atoms with Crippen LogP contribution >= 0.6 is 0 Å². The third-order valence-electron chi connectivity index (χ3n) is 4.62. The third-order valence-corrected chi connectivity index (χ3v) is 4.62. The monoisotopic (exact) mass is 384 g/mol. The molecule has 0 aliphatic carbocycles. The van der Waals surface area contributed by atoms with Crippen molar-refractivity contribution in [1.82, 2.24) is 19.9 Å². The zero-order valence-electron chi connectivity index (χ0n) is 15.3. The largest absolute Gasteiger partial charge is 0.492 e. The van der Waals surface area contributed by atoms with Crippen LogP contribution in [0, 0.1) is 5.82 Å². The number of aromatic nitrogens is 3. The Bertz CT molecular complexity index is 982. The number of hydrogen-bond donors (Lipinski definition) is 2. The Labute approximate surface area is 161 Å². The fraction of sp³-hybridized carbons (Fsp3) is 0.316. The van der Waals surface area contributed by atoms with E-state index in [4.69, 9.17) is 10.5 Å². The number of benzene rings is 1. The minimum absolute atomic E-state index is 0.128. The van der Waals surface area contributed by atoms with Crippen molar-refractivity contribution >= 4 is 23.2 Å². The van der Waals surface area contributed by atoms with Gasteiger partial charge in [0.25, 0.3) is 5.91 Å². The Morgan fingerprint density at radius 2 is 1.96 bits per heavy atom. The summed E-state index contributed by atoms with van der Waals surface area (Å²) in [6.45, 7) is 2.41. The number of rotatable bonds is 6. The molecule has 1 aliphatic heterocycles. The number of anilines is 2. The van der Waals surface area contributed by atoms with Crippen LogP contribution in [-0.2, 0) is 0 Å². The van der Waals surface area contributed by atoms with Crippen LogP contribution in [0.4, 0.5) is 16.0 Å². The van der Waals surface area contributed by atoms with Gasteiger partial charge in [0, 0.05) is 19.3 Å². The first kappa shape index (κ1) is 18.0. The second-order valence-electron chi connectivity index (χ2n) is 6.57. The maximum atomic E-state index is 12.9. The van der Waals surface area contributed by atoms with Crippen LogP contribution in [0.1, 0.15) is 23.2 Å². The summed E-state index contributed by atoms with van der Waals surface area (Å²) in [7, 11) is 0. The molecule has 0 spiro atoms. The summed E-state index contributed by atoms with van der Waals surface area (Å²) >= 11 is 0. The molecular formula is C19H21FN6O2. The van der Waals surface area contributed by atoms with Gasteiger partial charge in [-0.3, -0.25) is 4.79 Å². The maximum absolute atomic E-state index is 12.9. The van der Waals surface area contributed by atoms with E-state index in [1.807, 2.05) is 6.07 Å². The second-order valence-corrected chi connectivity index (χ2v) is 6.57. The number of carbonyl (C=O) groups is 1. The van der Waals surface area contributed by atoms with E-state index in [1.165, 1.54) is 28.8 Å². The Kier molecular flexibility index (Phi) is 4.96. The quantitative estimate of drug-likeness (QED) is 0.630. The van der Waals surface area contributed by atoms with Gasteiger partial charge in [0.1, 0.15) is 29.6 Å². The lowest BCUT2D eigenvalue weighted by Gasteiger charge is -2.16. The lowest BCUT2D eigenvalue weighted by molar-refractivity contribution is 0.0949. The van der Waals surface area contributed by atoms with Crippen molar-refractivity contribution in [2.75, 3.05) is 36.9 Å². The summed E-state index contributed by atoms with van der Waals surface area (Å²) in [5.74, 6) is 0.788. The molecule has 1 amide bonds. The first-order chi connectivity index (χ1) is 13.6. The molecule has 3 aromatic rings. The van der Waals surface area contributed by atoms with Gasteiger partial charge in [-0.15, -0.1) is 5.10 Å². The van der Waals surface area contributed by atoms with Crippen molar-refractivity contribution in [3.8, 4) is 5.75 Å². The lowest BCUT2D eigenvalue weighted by atomic mass is 10.3. The van der Waals surface area contributed by atoms with E-state index in [2.05, 4.69) is 20.3 Å². The van der Waals surface area contributed by atoms with Gasteiger partial charge in [0.15, 0.2) is 11.5 Å². The van der Waals surface area contributed by atoms with E-state index >= 15 is 0 Å². The van der Waals surface area contributed by atoms with Gasteiger partial charge in [0.05, 0.1) is 6.54 Å². The Balaban J connectivity index is 1.43. The summed E-state index contributed by atoms with van der Waals surface area (Å²) in [5.41, 5.74) is 6.64. The average molecular weight is 384 g/mol. The number of halogens is 1. The Morgan fingerprint density at radius 1 is 1.21 bits per heavy atom. The van der Waals surface area contributed by atoms with Crippen molar-refractivity contribution in [2.45, 2.75) is 12.8 Å². The van der Waals surface area contributed by atoms with E-state index in [0.717, 1.165) is 31.7 Å². The fourth-order valence-electron chi connectivity index (χ4n) is 3.23. The topological polar surface area (TPSA) is 97.8 Å². The molecule has 0 bridgehead atoms. The normalized spacial score (nSPS) is 13.8. The van der Waals surface area contributed by atoms with Gasteiger partial charge >= 0.3 is 0 Å². The standard InChI is InChI=1S/C19H21FN6O2/c20-13-3-5-14(6-4-13)28-12-8-22-19(27)16-17(21)24-26-11-7-15(23-18(16)26)25-9-1-2-10-25/h3-7,11H,1-2,8-10,12H2,(H2,21,24)(H,22,27). The van der Waals surface area contributed by atoms with Crippen LogP contribution in [0.25, 0.3) is 5.65 Å². The molecule has 2 aromatic heterocycles. The van der Waals surface area contributed by atoms with E-state index in [9.17, 15) is 9.18 Å². The molecule has 9 heteroatoms.